The Balaban J connectivity index is 3.79. The average Bonchev–Trinajstić information content (AvgIpc) is 2.31. The lowest BCUT2D eigenvalue weighted by atomic mass is 9.88. The lowest BCUT2D eigenvalue weighted by Gasteiger charge is -2.26. The molecule has 0 rings (SSSR count). The maximum absolute atomic E-state index is 8.67. The minimum absolute atomic E-state index is 0.270. The predicted molar refractivity (Wildman–Crippen MR) is 70.2 cm³/mol. The Morgan fingerprint density at radius 1 is 1.24 bits per heavy atom. The van der Waals surface area contributed by atoms with Crippen molar-refractivity contribution in [2.24, 2.45) is 16.3 Å². The molecule has 0 atom stereocenters. The van der Waals surface area contributed by atoms with Gasteiger partial charge < -0.3 is 20.9 Å². The van der Waals surface area contributed by atoms with E-state index in [4.69, 9.17) is 16.0 Å². The van der Waals surface area contributed by atoms with Crippen molar-refractivity contribution in [1.29, 1.82) is 0 Å². The fraction of sp³-hybridized carbons (Fsp3) is 0.917. The smallest absolute Gasteiger partial charge is 0.144 e. The van der Waals surface area contributed by atoms with E-state index < -0.39 is 0 Å². The Hall–Kier alpha value is -0.810. The van der Waals surface area contributed by atoms with Crippen molar-refractivity contribution in [2.45, 2.75) is 39.5 Å². The summed E-state index contributed by atoms with van der Waals surface area (Å²) in [6.45, 7) is 6.16. The number of hydrogen-bond acceptors (Lipinski definition) is 4. The number of rotatable bonds is 9. The largest absolute Gasteiger partial charge is 0.409 e. The van der Waals surface area contributed by atoms with Crippen LogP contribution in [0.25, 0.3) is 0 Å². The standard InChI is InChI=1S/C12H27N3O2/c1-12(2,11(13)14-17)7-9-15(3)8-5-4-6-10-16/h16-17H,4-10H2,1-3H3,(H2,13,14). The lowest BCUT2D eigenvalue weighted by Crippen LogP contribution is -2.35. The molecular weight excluding hydrogens is 218 g/mol. The van der Waals surface area contributed by atoms with E-state index in [2.05, 4.69) is 17.1 Å². The minimum atomic E-state index is -0.270. The van der Waals surface area contributed by atoms with Crippen LogP contribution in [0.3, 0.4) is 0 Å². The predicted octanol–water partition coefficient (Wildman–Crippen LogP) is 1.24. The molecule has 0 aromatic heterocycles. The highest BCUT2D eigenvalue weighted by Crippen LogP contribution is 2.20. The summed E-state index contributed by atoms with van der Waals surface area (Å²) in [5.74, 6) is 0.284. The molecule has 0 aromatic rings. The summed E-state index contributed by atoms with van der Waals surface area (Å²) in [7, 11) is 2.07. The third-order valence-electron chi connectivity index (χ3n) is 3.12. The molecule has 0 fully saturated rings. The van der Waals surface area contributed by atoms with Gasteiger partial charge in [0.15, 0.2) is 0 Å². The Bertz CT molecular complexity index is 230. The van der Waals surface area contributed by atoms with Gasteiger partial charge in [-0.15, -0.1) is 0 Å². The number of nitrogens with zero attached hydrogens (tertiary/aromatic N) is 2. The van der Waals surface area contributed by atoms with E-state index in [0.717, 1.165) is 38.8 Å². The zero-order valence-electron chi connectivity index (χ0n) is 11.3. The van der Waals surface area contributed by atoms with Gasteiger partial charge in [0.25, 0.3) is 0 Å². The van der Waals surface area contributed by atoms with Gasteiger partial charge >= 0.3 is 0 Å². The molecule has 0 aliphatic carbocycles. The van der Waals surface area contributed by atoms with Gasteiger partial charge in [-0.25, -0.2) is 0 Å². The molecule has 4 N–H and O–H groups in total. The zero-order valence-corrected chi connectivity index (χ0v) is 11.3. The quantitative estimate of drug-likeness (QED) is 0.188. The molecule has 0 aliphatic rings. The molecule has 102 valence electrons. The molecule has 0 saturated heterocycles. The molecule has 0 aromatic carbocycles. The van der Waals surface area contributed by atoms with Gasteiger partial charge in [0, 0.05) is 12.0 Å². The van der Waals surface area contributed by atoms with E-state index >= 15 is 0 Å². The van der Waals surface area contributed by atoms with Crippen molar-refractivity contribution in [1.82, 2.24) is 4.90 Å². The zero-order chi connectivity index (χ0) is 13.3. The van der Waals surface area contributed by atoms with Gasteiger partial charge in [-0.3, -0.25) is 0 Å². The van der Waals surface area contributed by atoms with E-state index in [1.54, 1.807) is 0 Å². The van der Waals surface area contributed by atoms with Crippen molar-refractivity contribution in [2.75, 3.05) is 26.7 Å². The number of unbranched alkanes of at least 4 members (excludes halogenated alkanes) is 2. The Kier molecular flexibility index (Phi) is 7.91. The summed E-state index contributed by atoms with van der Waals surface area (Å²) in [5.41, 5.74) is 5.36. The fourth-order valence-electron chi connectivity index (χ4n) is 1.52. The van der Waals surface area contributed by atoms with Crippen molar-refractivity contribution in [3.05, 3.63) is 0 Å². The highest BCUT2D eigenvalue weighted by atomic mass is 16.4. The van der Waals surface area contributed by atoms with E-state index in [1.807, 2.05) is 13.8 Å². The van der Waals surface area contributed by atoms with Crippen molar-refractivity contribution < 1.29 is 10.3 Å². The SMILES string of the molecule is CN(CCCCCO)CCC(C)(C)C(N)=NO. The summed E-state index contributed by atoms with van der Waals surface area (Å²) in [6.07, 6.45) is 3.90. The van der Waals surface area contributed by atoms with E-state index in [-0.39, 0.29) is 17.9 Å². The van der Waals surface area contributed by atoms with E-state index in [9.17, 15) is 0 Å². The summed E-state index contributed by atoms with van der Waals surface area (Å²) in [4.78, 5) is 2.24. The molecule has 0 heterocycles. The van der Waals surface area contributed by atoms with Crippen molar-refractivity contribution in [3.8, 4) is 0 Å². The van der Waals surface area contributed by atoms with Gasteiger partial charge in [0.05, 0.1) is 0 Å². The second-order valence-corrected chi connectivity index (χ2v) is 5.21. The highest BCUT2D eigenvalue weighted by Gasteiger charge is 2.23. The van der Waals surface area contributed by atoms with Gasteiger partial charge in [-0.05, 0) is 45.8 Å². The molecule has 0 unspecified atom stereocenters. The van der Waals surface area contributed by atoms with Crippen LogP contribution in [-0.2, 0) is 0 Å². The number of oxime groups is 1. The summed E-state index contributed by atoms with van der Waals surface area (Å²) in [6, 6.07) is 0. The maximum atomic E-state index is 8.67. The van der Waals surface area contributed by atoms with Gasteiger partial charge in [-0.1, -0.05) is 19.0 Å². The molecule has 0 radical (unpaired) electrons. The topological polar surface area (TPSA) is 82.1 Å². The number of aliphatic hydroxyl groups excluding tert-OH is 1. The van der Waals surface area contributed by atoms with Crippen LogP contribution in [-0.4, -0.2) is 47.8 Å². The molecular formula is C12H27N3O2. The van der Waals surface area contributed by atoms with Gasteiger partial charge in [0.2, 0.25) is 0 Å². The molecule has 0 saturated carbocycles. The minimum Gasteiger partial charge on any atom is -0.409 e. The van der Waals surface area contributed by atoms with Crippen LogP contribution >= 0.6 is 0 Å². The number of nitrogens with two attached hydrogens (primary N) is 1. The summed E-state index contributed by atoms with van der Waals surface area (Å²) >= 11 is 0. The number of aliphatic hydroxyl groups is 1. The summed E-state index contributed by atoms with van der Waals surface area (Å²) in [5, 5.41) is 20.4. The Labute approximate surface area is 104 Å². The van der Waals surface area contributed by atoms with Crippen LogP contribution in [0.5, 0.6) is 0 Å². The monoisotopic (exact) mass is 245 g/mol. The molecule has 5 heteroatoms. The number of amidine groups is 1. The van der Waals surface area contributed by atoms with Crippen LogP contribution in [0.1, 0.15) is 39.5 Å². The van der Waals surface area contributed by atoms with Crippen LogP contribution < -0.4 is 5.73 Å². The molecule has 0 bridgehead atoms. The van der Waals surface area contributed by atoms with Gasteiger partial charge in [0.1, 0.15) is 5.84 Å². The second-order valence-electron chi connectivity index (χ2n) is 5.21. The first-order chi connectivity index (χ1) is 7.94. The first-order valence-electron chi connectivity index (χ1n) is 6.21. The first-order valence-corrected chi connectivity index (χ1v) is 6.21. The molecule has 17 heavy (non-hydrogen) atoms. The Morgan fingerprint density at radius 2 is 1.88 bits per heavy atom. The van der Waals surface area contributed by atoms with Crippen LogP contribution in [0.4, 0.5) is 0 Å². The van der Waals surface area contributed by atoms with Crippen molar-refractivity contribution in [3.63, 3.8) is 0 Å². The maximum Gasteiger partial charge on any atom is 0.144 e. The number of hydrogen-bond donors (Lipinski definition) is 3. The second kappa shape index (κ2) is 8.31. The third kappa shape index (κ3) is 7.18. The molecule has 5 nitrogen and oxygen atoms in total. The normalized spacial score (nSPS) is 13.4. The molecule has 0 spiro atoms. The lowest BCUT2D eigenvalue weighted by molar-refractivity contribution is 0.260. The van der Waals surface area contributed by atoms with Gasteiger partial charge in [-0.2, -0.15) is 0 Å². The Morgan fingerprint density at radius 3 is 2.41 bits per heavy atom. The average molecular weight is 245 g/mol. The van der Waals surface area contributed by atoms with Crippen LogP contribution in [0.15, 0.2) is 5.16 Å². The van der Waals surface area contributed by atoms with Crippen LogP contribution in [0, 0.1) is 5.41 Å². The molecule has 0 amide bonds. The highest BCUT2D eigenvalue weighted by molar-refractivity contribution is 5.85. The fourth-order valence-corrected chi connectivity index (χ4v) is 1.52. The first kappa shape index (κ1) is 16.2. The molecule has 0 aliphatic heterocycles. The van der Waals surface area contributed by atoms with Crippen molar-refractivity contribution >= 4 is 5.84 Å². The van der Waals surface area contributed by atoms with Crippen LogP contribution in [0.2, 0.25) is 0 Å². The van der Waals surface area contributed by atoms with E-state index in [0.29, 0.717) is 0 Å². The third-order valence-corrected chi connectivity index (χ3v) is 3.12. The van der Waals surface area contributed by atoms with E-state index in [1.165, 1.54) is 0 Å². The summed E-state index contributed by atoms with van der Waals surface area (Å²) < 4.78 is 0.